The van der Waals surface area contributed by atoms with E-state index in [9.17, 15) is 14.4 Å². The van der Waals surface area contributed by atoms with Gasteiger partial charge in [0, 0.05) is 0 Å². The van der Waals surface area contributed by atoms with Crippen molar-refractivity contribution < 1.29 is 19.2 Å². The number of hydrogen-bond donors (Lipinski definition) is 0. The summed E-state index contributed by atoms with van der Waals surface area (Å²) >= 11 is 0. The normalized spacial score (nSPS) is 38.2. The van der Waals surface area contributed by atoms with Crippen LogP contribution in [0.15, 0.2) is 24.3 Å². The zero-order valence-electron chi connectivity index (χ0n) is 14.3. The average molecular weight is 339 g/mol. The van der Waals surface area contributed by atoms with Crippen molar-refractivity contribution in [2.24, 2.45) is 22.7 Å². The summed E-state index contributed by atoms with van der Waals surface area (Å²) in [4.78, 5) is 43.4. The number of amides is 2. The van der Waals surface area contributed by atoms with Gasteiger partial charge in [0.25, 0.3) is 11.8 Å². The van der Waals surface area contributed by atoms with E-state index in [2.05, 4.69) is 6.92 Å². The molecule has 1 heterocycles. The van der Waals surface area contributed by atoms with E-state index in [1.807, 2.05) is 0 Å². The van der Waals surface area contributed by atoms with Gasteiger partial charge in [-0.15, -0.1) is 0 Å². The van der Waals surface area contributed by atoms with E-state index in [-0.39, 0.29) is 11.4 Å². The number of carbonyl (C=O) groups is 3. The van der Waals surface area contributed by atoms with Crippen LogP contribution in [-0.4, -0.2) is 22.8 Å². The minimum Gasteiger partial charge on any atom is -0.329 e. The molecule has 130 valence electrons. The minimum atomic E-state index is -0.537. The van der Waals surface area contributed by atoms with Crippen LogP contribution in [0.2, 0.25) is 0 Å². The van der Waals surface area contributed by atoms with E-state index in [0.717, 1.165) is 19.3 Å². The SMILES string of the molecule is CC12CC3CC(C1)CC(C(=O)ON1C(=O)c4ccccc4C1=O)(C3)C2. The summed E-state index contributed by atoms with van der Waals surface area (Å²) in [6.45, 7) is 2.27. The van der Waals surface area contributed by atoms with Gasteiger partial charge in [-0.1, -0.05) is 24.1 Å². The monoisotopic (exact) mass is 339 g/mol. The summed E-state index contributed by atoms with van der Waals surface area (Å²) < 4.78 is 0. The molecule has 25 heavy (non-hydrogen) atoms. The number of nitrogens with zero attached hydrogens (tertiary/aromatic N) is 1. The first-order valence-corrected chi connectivity index (χ1v) is 9.09. The molecule has 1 aromatic rings. The average Bonchev–Trinajstić information content (AvgIpc) is 2.78. The highest BCUT2D eigenvalue weighted by molar-refractivity contribution is 6.20. The third-order valence-electron chi connectivity index (χ3n) is 6.72. The van der Waals surface area contributed by atoms with Crippen molar-refractivity contribution in [2.75, 3.05) is 0 Å². The minimum absolute atomic E-state index is 0.199. The van der Waals surface area contributed by atoms with Gasteiger partial charge in [0.05, 0.1) is 16.5 Å². The fourth-order valence-electron chi connectivity index (χ4n) is 6.39. The molecule has 0 N–H and O–H groups in total. The second-order valence-electron chi connectivity index (χ2n) is 8.88. The van der Waals surface area contributed by atoms with Crippen LogP contribution in [0.25, 0.3) is 0 Å². The van der Waals surface area contributed by atoms with Crippen LogP contribution in [0.5, 0.6) is 0 Å². The number of benzene rings is 1. The molecule has 2 amide bonds. The number of hydroxylamine groups is 2. The van der Waals surface area contributed by atoms with E-state index in [4.69, 9.17) is 4.84 Å². The van der Waals surface area contributed by atoms with Gasteiger partial charge in [-0.2, -0.15) is 0 Å². The summed E-state index contributed by atoms with van der Waals surface area (Å²) in [5.74, 6) is -0.320. The Kier molecular flexibility index (Phi) is 2.85. The summed E-state index contributed by atoms with van der Waals surface area (Å²) in [5.41, 5.74) is 0.287. The third-order valence-corrected chi connectivity index (χ3v) is 6.72. The van der Waals surface area contributed by atoms with Gasteiger partial charge in [-0.05, 0) is 67.9 Å². The largest absolute Gasteiger partial charge is 0.339 e. The molecule has 0 aromatic heterocycles. The lowest BCUT2D eigenvalue weighted by Crippen LogP contribution is -2.55. The van der Waals surface area contributed by atoms with Gasteiger partial charge >= 0.3 is 5.97 Å². The van der Waals surface area contributed by atoms with Gasteiger partial charge in [0.15, 0.2) is 0 Å². The molecule has 0 radical (unpaired) electrons. The molecule has 0 saturated heterocycles. The lowest BCUT2D eigenvalue weighted by atomic mass is 9.45. The molecule has 5 aliphatic rings. The Balaban J connectivity index is 1.42. The van der Waals surface area contributed by atoms with Gasteiger partial charge in [0.1, 0.15) is 0 Å². The Morgan fingerprint density at radius 2 is 1.60 bits per heavy atom. The molecular formula is C20H21NO4. The Morgan fingerprint density at radius 3 is 2.12 bits per heavy atom. The third kappa shape index (κ3) is 2.04. The predicted molar refractivity (Wildman–Crippen MR) is 88.3 cm³/mol. The first-order valence-electron chi connectivity index (χ1n) is 9.09. The van der Waals surface area contributed by atoms with Crippen LogP contribution in [0.3, 0.4) is 0 Å². The van der Waals surface area contributed by atoms with Gasteiger partial charge in [-0.3, -0.25) is 9.59 Å². The highest BCUT2D eigenvalue weighted by Gasteiger charge is 2.60. The zero-order valence-corrected chi connectivity index (χ0v) is 14.3. The number of rotatable bonds is 2. The Hall–Kier alpha value is -2.17. The van der Waals surface area contributed by atoms with Crippen molar-refractivity contribution in [3.05, 3.63) is 35.4 Å². The first-order chi connectivity index (χ1) is 11.9. The molecular weight excluding hydrogens is 318 g/mol. The molecule has 0 spiro atoms. The summed E-state index contributed by atoms with van der Waals surface area (Å²) in [7, 11) is 0. The fourth-order valence-corrected chi connectivity index (χ4v) is 6.39. The zero-order chi connectivity index (χ0) is 17.4. The van der Waals surface area contributed by atoms with Crippen LogP contribution in [-0.2, 0) is 9.63 Å². The van der Waals surface area contributed by atoms with E-state index < -0.39 is 17.2 Å². The van der Waals surface area contributed by atoms with E-state index in [1.54, 1.807) is 24.3 Å². The van der Waals surface area contributed by atoms with Crippen molar-refractivity contribution in [3.8, 4) is 0 Å². The number of carbonyl (C=O) groups excluding carboxylic acids is 3. The second-order valence-corrected chi connectivity index (χ2v) is 8.88. The molecule has 1 aromatic carbocycles. The quantitative estimate of drug-likeness (QED) is 0.775. The summed E-state index contributed by atoms with van der Waals surface area (Å²) in [6.07, 6.45) is 6.06. The molecule has 5 heteroatoms. The molecule has 4 saturated carbocycles. The van der Waals surface area contributed by atoms with Crippen LogP contribution >= 0.6 is 0 Å². The Labute approximate surface area is 146 Å². The molecule has 4 aliphatic carbocycles. The van der Waals surface area contributed by atoms with Crippen LogP contribution in [0, 0.1) is 22.7 Å². The van der Waals surface area contributed by atoms with Crippen molar-refractivity contribution in [3.63, 3.8) is 0 Å². The van der Waals surface area contributed by atoms with Gasteiger partial charge < -0.3 is 4.84 Å². The Bertz CT molecular complexity index is 765. The van der Waals surface area contributed by atoms with Gasteiger partial charge in [-0.25, -0.2) is 4.79 Å². The maximum absolute atomic E-state index is 13.1. The molecule has 1 aliphatic heterocycles. The molecule has 6 rings (SSSR count). The Morgan fingerprint density at radius 1 is 1.04 bits per heavy atom. The highest BCUT2D eigenvalue weighted by Crippen LogP contribution is 2.65. The van der Waals surface area contributed by atoms with Crippen molar-refractivity contribution in [1.82, 2.24) is 5.06 Å². The van der Waals surface area contributed by atoms with Crippen LogP contribution in [0.4, 0.5) is 0 Å². The molecule has 2 atom stereocenters. The smallest absolute Gasteiger partial charge is 0.329 e. The second kappa shape index (κ2) is 4.71. The lowest BCUT2D eigenvalue weighted by molar-refractivity contribution is -0.201. The van der Waals surface area contributed by atoms with Gasteiger partial charge in [0.2, 0.25) is 0 Å². The van der Waals surface area contributed by atoms with E-state index in [1.165, 1.54) is 19.3 Å². The number of imide groups is 1. The van der Waals surface area contributed by atoms with Crippen LogP contribution in [0.1, 0.15) is 66.2 Å². The first kappa shape index (κ1) is 15.1. The lowest BCUT2D eigenvalue weighted by Gasteiger charge is -2.59. The van der Waals surface area contributed by atoms with Crippen LogP contribution < -0.4 is 0 Å². The molecule has 5 nitrogen and oxygen atoms in total. The fraction of sp³-hybridized carbons (Fsp3) is 0.550. The number of hydrogen-bond acceptors (Lipinski definition) is 4. The molecule has 4 fully saturated rings. The molecule has 4 bridgehead atoms. The predicted octanol–water partition coefficient (Wildman–Crippen LogP) is 3.35. The standard InChI is InChI=1S/C20H21NO4/c1-19-7-12-6-13(8-19)10-20(9-12,11-19)18(24)25-21-16(22)14-4-2-3-5-15(14)17(21)23/h2-5,12-13H,6-11H2,1H3. The van der Waals surface area contributed by atoms with E-state index in [0.29, 0.717) is 28.0 Å². The molecule has 2 unspecified atom stereocenters. The number of fused-ring (bicyclic) bond motifs is 1. The van der Waals surface area contributed by atoms with E-state index >= 15 is 0 Å². The topological polar surface area (TPSA) is 63.7 Å². The van der Waals surface area contributed by atoms with Crippen molar-refractivity contribution >= 4 is 17.8 Å². The van der Waals surface area contributed by atoms with Crippen molar-refractivity contribution in [1.29, 1.82) is 0 Å². The van der Waals surface area contributed by atoms with Crippen molar-refractivity contribution in [2.45, 2.75) is 45.4 Å². The maximum atomic E-state index is 13.1. The summed E-state index contributed by atoms with van der Waals surface area (Å²) in [6, 6.07) is 6.59. The maximum Gasteiger partial charge on any atom is 0.339 e. The highest BCUT2D eigenvalue weighted by atomic mass is 16.7. The summed E-state index contributed by atoms with van der Waals surface area (Å²) in [5, 5.41) is 0.675.